The van der Waals surface area contributed by atoms with Crippen molar-refractivity contribution in [3.8, 4) is 0 Å². The molecule has 0 N–H and O–H groups in total. The van der Waals surface area contributed by atoms with Gasteiger partial charge in [-0.1, -0.05) is 38.2 Å². The van der Waals surface area contributed by atoms with Crippen LogP contribution in [0.1, 0.15) is 36.7 Å². The summed E-state index contributed by atoms with van der Waals surface area (Å²) in [6.07, 6.45) is 0.989. The number of aryl methyl sites for hydroxylation is 1. The Morgan fingerprint density at radius 3 is 2.48 bits per heavy atom. The fraction of sp³-hybridized carbons (Fsp3) is 0.348. The topological polar surface area (TPSA) is 49.3 Å². The van der Waals surface area contributed by atoms with E-state index in [0.717, 1.165) is 51.6 Å². The number of fused-ring (bicyclic) bond motifs is 2. The second kappa shape index (κ2) is 10.5. The van der Waals surface area contributed by atoms with Gasteiger partial charge in [0, 0.05) is 18.7 Å². The number of amides is 1. The van der Waals surface area contributed by atoms with Gasteiger partial charge < -0.3 is 4.90 Å². The minimum Gasteiger partial charge on any atom is -0.302 e. The molecule has 0 fully saturated rings. The number of aromatic nitrogens is 2. The van der Waals surface area contributed by atoms with Gasteiger partial charge in [-0.2, -0.15) is 0 Å². The zero-order chi connectivity index (χ0) is 21.1. The normalized spacial score (nSPS) is 11.2. The second-order valence-corrected chi connectivity index (χ2v) is 9.07. The van der Waals surface area contributed by atoms with Crippen molar-refractivity contribution in [3.63, 3.8) is 0 Å². The molecule has 0 saturated heterocycles. The Morgan fingerprint density at radius 2 is 1.74 bits per heavy atom. The first kappa shape index (κ1) is 23.6. The van der Waals surface area contributed by atoms with Crippen molar-refractivity contribution < 1.29 is 4.79 Å². The Kier molecular flexibility index (Phi) is 8.00. The molecule has 0 aliphatic carbocycles. The van der Waals surface area contributed by atoms with E-state index in [1.54, 1.807) is 22.7 Å². The molecule has 1 amide bonds. The molecule has 0 bridgehead atoms. The maximum atomic E-state index is 13.6. The average Bonchev–Trinajstić information content (AvgIpc) is 3.41. The van der Waals surface area contributed by atoms with Gasteiger partial charge >= 0.3 is 0 Å². The van der Waals surface area contributed by atoms with Crippen LogP contribution in [0.5, 0.6) is 0 Å². The minimum absolute atomic E-state index is 0. The van der Waals surface area contributed by atoms with Gasteiger partial charge in [-0.3, -0.25) is 9.69 Å². The highest BCUT2D eigenvalue weighted by atomic mass is 35.5. The number of thiazole rings is 2. The van der Waals surface area contributed by atoms with Gasteiger partial charge in [0.25, 0.3) is 5.91 Å². The Morgan fingerprint density at radius 1 is 0.968 bits per heavy atom. The van der Waals surface area contributed by atoms with E-state index in [1.165, 1.54) is 5.56 Å². The molecule has 4 aromatic rings. The smallest absolute Gasteiger partial charge is 0.260 e. The van der Waals surface area contributed by atoms with E-state index in [4.69, 9.17) is 4.98 Å². The summed E-state index contributed by atoms with van der Waals surface area (Å²) in [7, 11) is 0. The van der Waals surface area contributed by atoms with Crippen molar-refractivity contribution in [3.05, 3.63) is 53.0 Å². The summed E-state index contributed by atoms with van der Waals surface area (Å²) in [6, 6.07) is 12.1. The van der Waals surface area contributed by atoms with Gasteiger partial charge in [-0.05, 0) is 55.4 Å². The van der Waals surface area contributed by atoms with E-state index in [1.807, 2.05) is 28.6 Å². The van der Waals surface area contributed by atoms with Crippen molar-refractivity contribution >= 4 is 66.6 Å². The van der Waals surface area contributed by atoms with E-state index >= 15 is 0 Å². The zero-order valence-corrected chi connectivity index (χ0v) is 20.4. The highest BCUT2D eigenvalue weighted by Gasteiger charge is 2.22. The largest absolute Gasteiger partial charge is 0.302 e. The molecule has 0 aliphatic heterocycles. The van der Waals surface area contributed by atoms with Crippen LogP contribution in [0.2, 0.25) is 0 Å². The van der Waals surface area contributed by atoms with Crippen LogP contribution in [0.3, 0.4) is 0 Å². The Balaban J connectivity index is 0.00000272. The third kappa shape index (κ3) is 5.06. The van der Waals surface area contributed by atoms with E-state index < -0.39 is 0 Å². The number of hydrogen-bond acceptors (Lipinski definition) is 6. The molecule has 0 aliphatic rings. The van der Waals surface area contributed by atoms with Crippen molar-refractivity contribution in [2.45, 2.75) is 27.2 Å². The predicted molar refractivity (Wildman–Crippen MR) is 135 cm³/mol. The quantitative estimate of drug-likeness (QED) is 0.320. The van der Waals surface area contributed by atoms with Crippen LogP contribution in [0.25, 0.3) is 20.4 Å². The standard InChI is InChI=1S/C23H26N4OS2.ClH/c1-4-16-7-9-19-21(13-16)30-23(25-19)27(12-11-26(5-2)6-3)22(28)17-8-10-18-20(14-17)29-15-24-18;/h7-10,13-15H,4-6,11-12H2,1-3H3;1H. The molecule has 0 unspecified atom stereocenters. The lowest BCUT2D eigenvalue weighted by Gasteiger charge is -2.24. The number of carbonyl (C=O) groups excluding carboxylic acids is 1. The summed E-state index contributed by atoms with van der Waals surface area (Å²) < 4.78 is 2.16. The molecular formula is C23H27ClN4OS2. The summed E-state index contributed by atoms with van der Waals surface area (Å²) in [6.45, 7) is 9.81. The molecule has 2 heterocycles. The van der Waals surface area contributed by atoms with E-state index in [2.05, 4.69) is 48.9 Å². The number of likely N-dealkylation sites (N-methyl/N-ethyl adjacent to an activating group) is 1. The zero-order valence-electron chi connectivity index (χ0n) is 18.0. The van der Waals surface area contributed by atoms with Gasteiger partial charge in [0.2, 0.25) is 0 Å². The molecule has 4 rings (SSSR count). The highest BCUT2D eigenvalue weighted by Crippen LogP contribution is 2.31. The summed E-state index contributed by atoms with van der Waals surface area (Å²) >= 11 is 3.15. The lowest BCUT2D eigenvalue weighted by molar-refractivity contribution is 0.0984. The van der Waals surface area contributed by atoms with Crippen LogP contribution >= 0.6 is 35.1 Å². The van der Waals surface area contributed by atoms with E-state index in [0.29, 0.717) is 12.1 Å². The SMILES string of the molecule is CCc1ccc2nc(N(CCN(CC)CC)C(=O)c3ccc4ncsc4c3)sc2c1.Cl. The van der Waals surface area contributed by atoms with Crippen molar-refractivity contribution in [1.82, 2.24) is 14.9 Å². The first-order valence-corrected chi connectivity index (χ1v) is 12.1. The van der Waals surface area contributed by atoms with Gasteiger partial charge in [0.05, 0.1) is 25.9 Å². The van der Waals surface area contributed by atoms with Crippen LogP contribution in [0.4, 0.5) is 5.13 Å². The molecule has 0 radical (unpaired) electrons. The number of nitrogens with zero attached hydrogens (tertiary/aromatic N) is 4. The average molecular weight is 475 g/mol. The summed E-state index contributed by atoms with van der Waals surface area (Å²) in [5.41, 5.74) is 5.66. The summed E-state index contributed by atoms with van der Waals surface area (Å²) in [4.78, 5) is 26.9. The molecule has 164 valence electrons. The van der Waals surface area contributed by atoms with Crippen LogP contribution in [-0.2, 0) is 6.42 Å². The molecule has 8 heteroatoms. The maximum Gasteiger partial charge on any atom is 0.260 e. The minimum atomic E-state index is -0.00720. The van der Waals surface area contributed by atoms with Crippen molar-refractivity contribution in [2.75, 3.05) is 31.1 Å². The lowest BCUT2D eigenvalue weighted by atomic mass is 10.2. The molecule has 0 saturated carbocycles. The van der Waals surface area contributed by atoms with Crippen LogP contribution in [0.15, 0.2) is 41.9 Å². The van der Waals surface area contributed by atoms with Gasteiger partial charge in [-0.15, -0.1) is 23.7 Å². The Bertz CT molecular complexity index is 1170. The van der Waals surface area contributed by atoms with E-state index in [-0.39, 0.29) is 18.3 Å². The third-order valence-electron chi connectivity index (χ3n) is 5.44. The number of rotatable bonds is 8. The first-order valence-electron chi connectivity index (χ1n) is 10.4. The molecule has 0 atom stereocenters. The maximum absolute atomic E-state index is 13.6. The fourth-order valence-corrected chi connectivity index (χ4v) is 5.27. The fourth-order valence-electron chi connectivity index (χ4n) is 3.50. The molecule has 0 spiro atoms. The molecule has 5 nitrogen and oxygen atoms in total. The molecule has 31 heavy (non-hydrogen) atoms. The lowest BCUT2D eigenvalue weighted by Crippen LogP contribution is -2.38. The van der Waals surface area contributed by atoms with Crippen molar-refractivity contribution in [2.24, 2.45) is 0 Å². The Hall–Kier alpha value is -2.06. The number of anilines is 1. The molecule has 2 aromatic heterocycles. The first-order chi connectivity index (χ1) is 14.6. The third-order valence-corrected chi connectivity index (χ3v) is 7.27. The molecular weight excluding hydrogens is 448 g/mol. The monoisotopic (exact) mass is 474 g/mol. The van der Waals surface area contributed by atoms with Crippen LogP contribution in [0, 0.1) is 0 Å². The number of halogens is 1. The number of hydrogen-bond donors (Lipinski definition) is 0. The summed E-state index contributed by atoms with van der Waals surface area (Å²) in [5, 5.41) is 0.764. The van der Waals surface area contributed by atoms with Crippen LogP contribution < -0.4 is 4.90 Å². The van der Waals surface area contributed by atoms with Gasteiger partial charge in [-0.25, -0.2) is 9.97 Å². The van der Waals surface area contributed by atoms with Crippen LogP contribution in [-0.4, -0.2) is 47.0 Å². The number of carbonyl (C=O) groups is 1. The number of benzene rings is 2. The second-order valence-electron chi connectivity index (χ2n) is 7.17. The van der Waals surface area contributed by atoms with Crippen molar-refractivity contribution in [1.29, 1.82) is 0 Å². The van der Waals surface area contributed by atoms with E-state index in [9.17, 15) is 4.79 Å². The van der Waals surface area contributed by atoms with Gasteiger partial charge in [0.1, 0.15) is 0 Å². The van der Waals surface area contributed by atoms with Gasteiger partial charge in [0.15, 0.2) is 5.13 Å². The summed E-state index contributed by atoms with van der Waals surface area (Å²) in [5.74, 6) is -0.00720. The highest BCUT2D eigenvalue weighted by molar-refractivity contribution is 7.22. The molecule has 2 aromatic carbocycles. The Labute approximate surface area is 197 Å². The predicted octanol–water partition coefficient (Wildman–Crippen LogP) is 5.88.